The number of nitrogens with zero attached hydrogens (tertiary/aromatic N) is 1. The fraction of sp³-hybridized carbons (Fsp3) is 0.643. The van der Waals surface area contributed by atoms with Crippen LogP contribution < -0.4 is 11.2 Å². The summed E-state index contributed by atoms with van der Waals surface area (Å²) in [5, 5.41) is 9.36. The van der Waals surface area contributed by atoms with Crippen LogP contribution in [0.25, 0.3) is 0 Å². The number of H-pyrrole nitrogens is 1. The van der Waals surface area contributed by atoms with E-state index in [0.29, 0.717) is 5.56 Å². The number of rotatable bonds is 4. The molecule has 0 aromatic carbocycles. The van der Waals surface area contributed by atoms with Gasteiger partial charge in [-0.05, 0) is 6.92 Å². The minimum Gasteiger partial charge on any atom is -0.459 e. The van der Waals surface area contributed by atoms with Crippen LogP contribution in [0.4, 0.5) is 0 Å². The van der Waals surface area contributed by atoms with Crippen molar-refractivity contribution in [2.24, 2.45) is 5.92 Å². The molecule has 0 spiro atoms. The van der Waals surface area contributed by atoms with Crippen molar-refractivity contribution in [3.63, 3.8) is 0 Å². The van der Waals surface area contributed by atoms with Crippen LogP contribution in [0.2, 0.25) is 0 Å². The van der Waals surface area contributed by atoms with Gasteiger partial charge in [0.15, 0.2) is 0 Å². The third-order valence-electron chi connectivity index (χ3n) is 3.56. The fourth-order valence-corrected chi connectivity index (χ4v) is 2.24. The minimum atomic E-state index is -0.704. The van der Waals surface area contributed by atoms with Crippen molar-refractivity contribution >= 4 is 5.97 Å². The maximum atomic E-state index is 11.9. The summed E-state index contributed by atoms with van der Waals surface area (Å²) in [6.07, 6.45) is -0.414. The van der Waals surface area contributed by atoms with Crippen molar-refractivity contribution < 1.29 is 19.4 Å². The number of aromatic amines is 1. The number of nitrogens with one attached hydrogen (secondary N) is 1. The Morgan fingerprint density at radius 2 is 2.23 bits per heavy atom. The second kappa shape index (κ2) is 6.45. The minimum absolute atomic E-state index is 0.231. The molecule has 0 amide bonds. The Hall–Kier alpha value is -1.93. The van der Waals surface area contributed by atoms with Gasteiger partial charge in [-0.25, -0.2) is 4.79 Å². The van der Waals surface area contributed by atoms with Crippen molar-refractivity contribution in [1.82, 2.24) is 9.55 Å². The number of aryl methyl sites for hydroxylation is 1. The van der Waals surface area contributed by atoms with Gasteiger partial charge in [0.05, 0.1) is 12.5 Å². The molecule has 1 aliphatic heterocycles. The highest BCUT2D eigenvalue weighted by molar-refractivity contribution is 5.71. The number of carbonyl (C=O) groups is 1. The van der Waals surface area contributed by atoms with E-state index in [4.69, 9.17) is 9.47 Å². The molecule has 0 radical (unpaired) electrons. The number of esters is 1. The summed E-state index contributed by atoms with van der Waals surface area (Å²) >= 11 is 0. The molecule has 2 N–H and O–H groups in total. The first kappa shape index (κ1) is 16.4. The zero-order chi connectivity index (χ0) is 16.4. The molecule has 0 bridgehead atoms. The summed E-state index contributed by atoms with van der Waals surface area (Å²) in [5.74, 6) is -0.686. The number of aliphatic hydroxyl groups is 1. The number of carbonyl (C=O) groups excluding carboxylic acids is 1. The Morgan fingerprint density at radius 1 is 1.55 bits per heavy atom. The van der Waals surface area contributed by atoms with Crippen LogP contribution in [0.1, 0.15) is 32.1 Å². The van der Waals surface area contributed by atoms with Gasteiger partial charge in [0, 0.05) is 18.2 Å². The first-order valence-corrected chi connectivity index (χ1v) is 7.12. The Kier molecular flexibility index (Phi) is 4.82. The Labute approximate surface area is 126 Å². The summed E-state index contributed by atoms with van der Waals surface area (Å²) in [6, 6.07) is 0. The molecule has 1 saturated heterocycles. The highest BCUT2D eigenvalue weighted by Crippen LogP contribution is 2.30. The summed E-state index contributed by atoms with van der Waals surface area (Å²) in [5.41, 5.74) is -0.694. The second-order valence-corrected chi connectivity index (χ2v) is 5.66. The molecule has 0 aliphatic carbocycles. The van der Waals surface area contributed by atoms with Crippen LogP contribution in [-0.4, -0.2) is 39.4 Å². The van der Waals surface area contributed by atoms with Crippen LogP contribution >= 0.6 is 0 Å². The van der Waals surface area contributed by atoms with Gasteiger partial charge in [0.25, 0.3) is 5.56 Å². The molecule has 2 heterocycles. The molecule has 22 heavy (non-hydrogen) atoms. The van der Waals surface area contributed by atoms with Crippen molar-refractivity contribution in [1.29, 1.82) is 0 Å². The van der Waals surface area contributed by atoms with E-state index in [9.17, 15) is 19.5 Å². The fourth-order valence-electron chi connectivity index (χ4n) is 2.24. The molecule has 1 aromatic rings. The first-order chi connectivity index (χ1) is 10.3. The van der Waals surface area contributed by atoms with E-state index < -0.39 is 35.7 Å². The standard InChI is InChI=1S/C14H20N2O6/c1-7(2)13(19)22-9-4-11(21-10(9)6-17)16-5-8(3)12(18)15-14(16)20/h5,7,9-11,17H,4,6H2,1-3H3,(H,15,18,20)/t9-,10-,11-/m1/s1. The highest BCUT2D eigenvalue weighted by atomic mass is 16.6. The van der Waals surface area contributed by atoms with Gasteiger partial charge < -0.3 is 14.6 Å². The van der Waals surface area contributed by atoms with Gasteiger partial charge in [-0.3, -0.25) is 19.1 Å². The molecule has 8 nitrogen and oxygen atoms in total. The molecule has 8 heteroatoms. The second-order valence-electron chi connectivity index (χ2n) is 5.66. The van der Waals surface area contributed by atoms with Crippen LogP contribution in [-0.2, 0) is 14.3 Å². The van der Waals surface area contributed by atoms with Crippen molar-refractivity contribution in [3.8, 4) is 0 Å². The zero-order valence-electron chi connectivity index (χ0n) is 12.7. The monoisotopic (exact) mass is 312 g/mol. The maximum absolute atomic E-state index is 11.9. The smallest absolute Gasteiger partial charge is 0.330 e. The van der Waals surface area contributed by atoms with Gasteiger partial charge in [0.2, 0.25) is 0 Å². The van der Waals surface area contributed by atoms with E-state index in [1.165, 1.54) is 10.8 Å². The van der Waals surface area contributed by atoms with Gasteiger partial charge >= 0.3 is 11.7 Å². The topological polar surface area (TPSA) is 111 Å². The molecule has 2 rings (SSSR count). The van der Waals surface area contributed by atoms with Crippen LogP contribution in [0.5, 0.6) is 0 Å². The van der Waals surface area contributed by atoms with Gasteiger partial charge in [0.1, 0.15) is 18.4 Å². The lowest BCUT2D eigenvalue weighted by Crippen LogP contribution is -2.33. The third kappa shape index (κ3) is 3.28. The molecule has 0 unspecified atom stereocenters. The lowest BCUT2D eigenvalue weighted by molar-refractivity contribution is -0.156. The van der Waals surface area contributed by atoms with E-state index in [0.717, 1.165) is 0 Å². The molecule has 3 atom stereocenters. The predicted molar refractivity (Wildman–Crippen MR) is 76.4 cm³/mol. The molecule has 1 aliphatic rings. The van der Waals surface area contributed by atoms with Gasteiger partial charge in [-0.2, -0.15) is 0 Å². The van der Waals surface area contributed by atoms with Crippen LogP contribution in [0, 0.1) is 12.8 Å². The van der Waals surface area contributed by atoms with E-state index in [1.54, 1.807) is 20.8 Å². The van der Waals surface area contributed by atoms with Gasteiger partial charge in [-0.1, -0.05) is 13.8 Å². The summed E-state index contributed by atoms with van der Waals surface area (Å²) < 4.78 is 12.1. The SMILES string of the molecule is Cc1cn([C@H]2C[C@@H](OC(=O)C(C)C)[C@@H](CO)O2)c(=O)[nH]c1=O. The van der Waals surface area contributed by atoms with Crippen molar-refractivity contribution in [3.05, 3.63) is 32.6 Å². The maximum Gasteiger partial charge on any atom is 0.330 e. The first-order valence-electron chi connectivity index (χ1n) is 7.12. The van der Waals surface area contributed by atoms with Crippen molar-refractivity contribution in [2.75, 3.05) is 6.61 Å². The molecular weight excluding hydrogens is 292 g/mol. The number of aromatic nitrogens is 2. The summed E-state index contributed by atoms with van der Waals surface area (Å²) in [7, 11) is 0. The largest absolute Gasteiger partial charge is 0.459 e. The number of hydrogen-bond donors (Lipinski definition) is 2. The Balaban J connectivity index is 2.22. The number of hydrogen-bond acceptors (Lipinski definition) is 6. The molecule has 0 saturated carbocycles. The molecule has 1 aromatic heterocycles. The summed E-state index contributed by atoms with van der Waals surface area (Å²) in [6.45, 7) is 4.66. The lowest BCUT2D eigenvalue weighted by atomic mass is 10.1. The van der Waals surface area contributed by atoms with Crippen molar-refractivity contribution in [2.45, 2.75) is 45.6 Å². The normalized spacial score (nSPS) is 24.7. The van der Waals surface area contributed by atoms with Crippen LogP contribution in [0.15, 0.2) is 15.8 Å². The number of aliphatic hydroxyl groups excluding tert-OH is 1. The summed E-state index contributed by atoms with van der Waals surface area (Å²) in [4.78, 5) is 37.1. The van der Waals surface area contributed by atoms with E-state index in [1.807, 2.05) is 0 Å². The molecule has 1 fully saturated rings. The van der Waals surface area contributed by atoms with E-state index >= 15 is 0 Å². The highest BCUT2D eigenvalue weighted by Gasteiger charge is 2.39. The van der Waals surface area contributed by atoms with Crippen LogP contribution in [0.3, 0.4) is 0 Å². The van der Waals surface area contributed by atoms with E-state index in [2.05, 4.69) is 4.98 Å². The average molecular weight is 312 g/mol. The third-order valence-corrected chi connectivity index (χ3v) is 3.56. The Morgan fingerprint density at radius 3 is 2.82 bits per heavy atom. The average Bonchev–Trinajstić information content (AvgIpc) is 2.85. The molecular formula is C14H20N2O6. The van der Waals surface area contributed by atoms with E-state index in [-0.39, 0.29) is 18.9 Å². The van der Waals surface area contributed by atoms with Gasteiger partial charge in [-0.15, -0.1) is 0 Å². The Bertz CT molecular complexity index is 662. The lowest BCUT2D eigenvalue weighted by Gasteiger charge is -2.17. The zero-order valence-corrected chi connectivity index (χ0v) is 12.7. The number of ether oxygens (including phenoxy) is 2. The molecule has 122 valence electrons. The predicted octanol–water partition coefficient (Wildman–Crippen LogP) is -0.307. The quantitative estimate of drug-likeness (QED) is 0.738.